The Morgan fingerprint density at radius 1 is 0.289 bits per heavy atom. The van der Waals surface area contributed by atoms with Gasteiger partial charge in [-0.25, -0.2) is 0 Å². The molecule has 6 spiro atoms. The number of ether oxygens (including phenoxy) is 14. The van der Waals surface area contributed by atoms with Gasteiger partial charge in [-0.1, -0.05) is 153 Å². The Balaban J connectivity index is 0.000000301. The van der Waals surface area contributed by atoms with E-state index in [1.165, 1.54) is 48.5 Å². The van der Waals surface area contributed by atoms with Crippen LogP contribution in [0.4, 0.5) is 0 Å². The summed E-state index contributed by atoms with van der Waals surface area (Å²) >= 11 is 0. The summed E-state index contributed by atoms with van der Waals surface area (Å²) in [5.74, 6) is -4.99. The summed E-state index contributed by atoms with van der Waals surface area (Å²) < 4.78 is 85.6. The smallest absolute Gasteiger partial charge is 0.322 e. The van der Waals surface area contributed by atoms with Crippen molar-refractivity contribution in [3.63, 3.8) is 0 Å². The summed E-state index contributed by atoms with van der Waals surface area (Å²) in [6, 6.07) is 0. The fourth-order valence-electron chi connectivity index (χ4n) is 24.1. The molecule has 0 saturated carbocycles. The van der Waals surface area contributed by atoms with Gasteiger partial charge in [0.1, 0.15) is 12.7 Å². The molecule has 12 rings (SSSR count). The molecular formula is C109H200N6O27. The van der Waals surface area contributed by atoms with E-state index in [0.29, 0.717) is 124 Å². The summed E-state index contributed by atoms with van der Waals surface area (Å²) in [7, 11) is 0. The molecule has 12 fully saturated rings. The molecule has 12 heterocycles. The van der Waals surface area contributed by atoms with Crippen LogP contribution in [0.1, 0.15) is 402 Å². The van der Waals surface area contributed by atoms with Crippen molar-refractivity contribution >= 4 is 41.8 Å². The van der Waals surface area contributed by atoms with Gasteiger partial charge in [0.2, 0.25) is 0 Å². The van der Waals surface area contributed by atoms with Gasteiger partial charge < -0.3 is 95.3 Å². The van der Waals surface area contributed by atoms with Crippen molar-refractivity contribution in [1.82, 2.24) is 30.4 Å². The molecule has 0 aromatic carbocycles. The molecule has 16 unspecified atom stereocenters. The molecule has 0 amide bonds. The van der Waals surface area contributed by atoms with Crippen LogP contribution in [0.15, 0.2) is 12.3 Å². The van der Waals surface area contributed by atoms with Crippen LogP contribution < -0.4 is 0 Å². The van der Waals surface area contributed by atoms with Crippen LogP contribution in [0.3, 0.4) is 0 Å². The van der Waals surface area contributed by atoms with Gasteiger partial charge in [-0.3, -0.25) is 33.6 Å². The Bertz CT molecular complexity index is 4200. The van der Waals surface area contributed by atoms with E-state index < -0.39 is 56.9 Å². The summed E-state index contributed by atoms with van der Waals surface area (Å²) in [6.07, 6.45) is 10.2. The van der Waals surface area contributed by atoms with Crippen LogP contribution in [0.5, 0.6) is 0 Å². The van der Waals surface area contributed by atoms with Crippen molar-refractivity contribution in [3.05, 3.63) is 12.3 Å². The molecule has 0 aliphatic carbocycles. The minimum atomic E-state index is -0.795. The second kappa shape index (κ2) is 46.5. The maximum Gasteiger partial charge on any atom is 0.322 e. The number of esters is 1. The van der Waals surface area contributed by atoms with Gasteiger partial charge in [0.05, 0.1) is 152 Å². The van der Waals surface area contributed by atoms with Gasteiger partial charge in [0.25, 0.3) is 0 Å². The molecule has 33 heteroatoms. The first-order valence-corrected chi connectivity index (χ1v) is 52.1. The highest BCUT2D eigenvalue weighted by Gasteiger charge is 2.71. The lowest BCUT2D eigenvalue weighted by atomic mass is 9.67. The van der Waals surface area contributed by atoms with Gasteiger partial charge in [-0.15, -0.1) is 30.4 Å². The highest BCUT2D eigenvalue weighted by atomic mass is 16.8. The number of nitrogens with zero attached hydrogens (tertiary/aromatic N) is 6. The molecule has 12 saturated heterocycles. The SMILES string of the molecule is C.C.C=C(C)OCC1(C)COC2(CC(C)(CC)N(OC(C)=O)C(C)(CC)C2C)OC1.CC(=O)ON1C(C)(C)CC2(OCC(C)(C)CO2)C(C)C1(C)C.CC(=O)ON1C(C)(C)CC2(OCCO2)C(C)C1(C)C.CCC1(C)CC2(OCC(C)(C)CO2)C(C)C(C)(CC)N1OC(C)=O.CCC1(C)CC2(OCC(COC(C)=O)O2)C(C)C(C)(CC)N1OC(C)=O.CCC1(C)CC2(OCCO2)C(C)C(C)(CC)N1OC(C)=O. The van der Waals surface area contributed by atoms with Crippen LogP contribution >= 0.6 is 0 Å². The molecule has 0 N–H and O–H groups in total. The van der Waals surface area contributed by atoms with Gasteiger partial charge in [-0.05, 0) is 169 Å². The Hall–Kier alpha value is -4.89. The topological polar surface area (TPSA) is 324 Å². The monoisotopic (exact) mass is 2030 g/mol. The molecule has 0 bridgehead atoms. The predicted octanol–water partition coefficient (Wildman–Crippen LogP) is 20.6. The highest BCUT2D eigenvalue weighted by molar-refractivity contribution is 5.68. The van der Waals surface area contributed by atoms with Crippen molar-refractivity contribution in [2.24, 2.45) is 51.8 Å². The molecule has 16 atom stereocenters. The average molecular weight is 2030 g/mol. The lowest BCUT2D eigenvalue weighted by molar-refractivity contribution is -0.401. The van der Waals surface area contributed by atoms with E-state index in [0.717, 1.165) is 51.4 Å². The lowest BCUT2D eigenvalue weighted by Crippen LogP contribution is -2.74. The Morgan fingerprint density at radius 3 is 0.768 bits per heavy atom. The number of piperidine rings is 6. The van der Waals surface area contributed by atoms with Gasteiger partial charge >= 0.3 is 41.8 Å². The molecule has 12 aliphatic rings. The number of hydroxylamine groups is 12. The largest absolute Gasteiger partial charge is 0.498 e. The Kier molecular flexibility index (Phi) is 41.8. The summed E-state index contributed by atoms with van der Waals surface area (Å²) in [5, 5.41) is 11.3. The summed E-state index contributed by atoms with van der Waals surface area (Å²) in [5.41, 5.74) is -4.60. The Labute approximate surface area is 856 Å². The van der Waals surface area contributed by atoms with E-state index in [-0.39, 0.29) is 165 Å². The number of hydrogen-bond acceptors (Lipinski definition) is 33. The van der Waals surface area contributed by atoms with E-state index in [4.69, 9.17) is 95.3 Å². The number of carbonyl (C=O) groups is 7. The average Bonchev–Trinajstić information content (AvgIpc) is 1.28. The number of allylic oxidation sites excluding steroid dienone is 1. The number of rotatable bonds is 19. The maximum atomic E-state index is 11.9. The molecule has 828 valence electrons. The van der Waals surface area contributed by atoms with Crippen LogP contribution in [0.25, 0.3) is 0 Å². The Morgan fingerprint density at radius 2 is 0.521 bits per heavy atom. The third-order valence-corrected chi connectivity index (χ3v) is 34.6. The zero-order valence-electron chi connectivity index (χ0n) is 95.0. The molecule has 12 aliphatic heterocycles. The quantitative estimate of drug-likeness (QED) is 0.0856. The molecule has 142 heavy (non-hydrogen) atoms. The molecular weight excluding hydrogens is 1830 g/mol. The predicted molar refractivity (Wildman–Crippen MR) is 543 cm³/mol. The fourth-order valence-corrected chi connectivity index (χ4v) is 24.1. The second-order valence-corrected chi connectivity index (χ2v) is 48.8. The summed E-state index contributed by atoms with van der Waals surface area (Å²) in [6.45, 7) is 97.0. The van der Waals surface area contributed by atoms with E-state index in [2.05, 4.69) is 249 Å². The van der Waals surface area contributed by atoms with Crippen molar-refractivity contribution in [2.75, 3.05) is 85.9 Å². The number of hydrogen-bond donors (Lipinski definition) is 0. The van der Waals surface area contributed by atoms with Crippen LogP contribution in [0.2, 0.25) is 0 Å². The second-order valence-electron chi connectivity index (χ2n) is 48.8. The first kappa shape index (κ1) is 128. The standard InChI is InChI=1S/C22H39NO5.C19H33NO6.C19H35NO4.C17H31NO4.C16H29NO4.C14H25NO4.2CH4/c1-10-20(8)12-22(17(5)21(9,11-2)23(20)28-18(6)24)26-14-19(7,15-27-22)13-25-16(3)4;1-8-17(6)12-19(24-11-16(25-19)10-23-14(4)21)13(3)18(7,9-2)20(17)26-15(5)22;1-9-17(7)11-19(22-12-16(5,6)13-23-19)14(3)18(8,10-2)20(17)24-15(4)21;1-12-16(7,8)18(22-13(2)19)15(5,6)9-17(12)20-10-14(3,4)11-21-17;1-7-14(5)11-16(19-9-10-20-16)12(3)15(6,8-2)17(14)21-13(4)18;1-10-13(5,6)15(19-11(2)16)12(3,4)9-14(10)17-7-8-18-14;;/h17H,3,10-15H2,1-2,4-9H3;13,16H,8-12H2,1-7H3;14H,9-13H2,1-8H3;12H,9-11H2,1-8H3;12H,7-11H2,1-6H3;10H,7-9H2,1-6H3;2*1H4. The summed E-state index contributed by atoms with van der Waals surface area (Å²) in [4.78, 5) is 115. The van der Waals surface area contributed by atoms with E-state index in [1.54, 1.807) is 0 Å². The van der Waals surface area contributed by atoms with Gasteiger partial charge in [0.15, 0.2) is 34.7 Å². The van der Waals surface area contributed by atoms with Crippen molar-refractivity contribution in [1.29, 1.82) is 0 Å². The van der Waals surface area contributed by atoms with Crippen molar-refractivity contribution in [2.45, 2.75) is 510 Å². The molecule has 33 nitrogen and oxygen atoms in total. The zero-order valence-corrected chi connectivity index (χ0v) is 95.0. The first-order chi connectivity index (χ1) is 64.0. The lowest BCUT2D eigenvalue weighted by Gasteiger charge is -2.63. The number of carbonyl (C=O) groups excluding carboxylic acids is 7. The zero-order chi connectivity index (χ0) is 107. The van der Waals surface area contributed by atoms with Gasteiger partial charge in [0, 0.05) is 139 Å². The third-order valence-electron chi connectivity index (χ3n) is 34.6. The van der Waals surface area contributed by atoms with Crippen LogP contribution in [-0.2, 0) is 129 Å². The van der Waals surface area contributed by atoms with Crippen molar-refractivity contribution in [3.8, 4) is 0 Å². The van der Waals surface area contributed by atoms with Crippen LogP contribution in [0, 0.1) is 51.8 Å². The van der Waals surface area contributed by atoms with Crippen molar-refractivity contribution < 1.29 is 129 Å². The molecule has 0 aromatic heterocycles. The first-order valence-electron chi connectivity index (χ1n) is 52.1. The van der Waals surface area contributed by atoms with Crippen LogP contribution in [-0.4, -0.2) is 265 Å². The normalized spacial score (nSPS) is 37.5. The third kappa shape index (κ3) is 26.1. The molecule has 0 aromatic rings. The molecule has 0 radical (unpaired) electrons. The van der Waals surface area contributed by atoms with Gasteiger partial charge in [-0.2, -0.15) is 0 Å². The minimum absolute atomic E-state index is 0. The van der Waals surface area contributed by atoms with E-state index >= 15 is 0 Å². The minimum Gasteiger partial charge on any atom is -0.498 e. The fraction of sp³-hybridized carbons (Fsp3) is 0.917. The highest BCUT2D eigenvalue weighted by Crippen LogP contribution is 2.61. The van der Waals surface area contributed by atoms with E-state index in [9.17, 15) is 33.6 Å². The van der Waals surface area contributed by atoms with E-state index in [1.807, 2.05) is 37.3 Å². The maximum absolute atomic E-state index is 11.9.